The van der Waals surface area contributed by atoms with Crippen molar-refractivity contribution in [3.05, 3.63) is 40.9 Å². The molecular formula is C23H31N5O4S2. The lowest BCUT2D eigenvalue weighted by atomic mass is 10.1. The fourth-order valence-electron chi connectivity index (χ4n) is 4.03. The largest absolute Gasteiger partial charge is 0.392 e. The number of nitrogens with one attached hydrogen (secondary N) is 1. The molecule has 11 heteroatoms. The number of nitrogens with zero attached hydrogens (tertiary/aromatic N) is 4. The van der Waals surface area contributed by atoms with E-state index in [-0.39, 0.29) is 16.7 Å². The predicted molar refractivity (Wildman–Crippen MR) is 133 cm³/mol. The topological polar surface area (TPSA) is 104 Å². The van der Waals surface area contributed by atoms with E-state index in [1.165, 1.54) is 23.5 Å². The van der Waals surface area contributed by atoms with Crippen molar-refractivity contribution in [2.24, 2.45) is 5.16 Å². The zero-order valence-corrected chi connectivity index (χ0v) is 21.2. The fourth-order valence-corrected chi connectivity index (χ4v) is 5.51. The minimum absolute atomic E-state index is 0.00635. The highest BCUT2D eigenvalue weighted by molar-refractivity contribution is 7.90. The highest BCUT2D eigenvalue weighted by Gasteiger charge is 2.22. The molecule has 4 rings (SSSR count). The van der Waals surface area contributed by atoms with Gasteiger partial charge >= 0.3 is 0 Å². The molecule has 1 N–H and O–H groups in total. The Bertz CT molecular complexity index is 1120. The highest BCUT2D eigenvalue weighted by Crippen LogP contribution is 2.23. The van der Waals surface area contributed by atoms with Gasteiger partial charge in [-0.3, -0.25) is 15.0 Å². The van der Waals surface area contributed by atoms with E-state index >= 15 is 0 Å². The Morgan fingerprint density at radius 2 is 1.85 bits per heavy atom. The van der Waals surface area contributed by atoms with E-state index in [2.05, 4.69) is 32.3 Å². The third-order valence-electron chi connectivity index (χ3n) is 6.12. The van der Waals surface area contributed by atoms with Gasteiger partial charge in [0.1, 0.15) is 6.10 Å². The second-order valence-corrected chi connectivity index (χ2v) is 12.0. The maximum atomic E-state index is 13.1. The van der Waals surface area contributed by atoms with Crippen molar-refractivity contribution in [2.75, 3.05) is 44.8 Å². The molecule has 1 aliphatic heterocycles. The van der Waals surface area contributed by atoms with Crippen molar-refractivity contribution >= 4 is 37.9 Å². The average Bonchev–Trinajstić information content (AvgIpc) is 3.47. The summed E-state index contributed by atoms with van der Waals surface area (Å²) in [5.41, 5.74) is 0.583. The molecule has 0 bridgehead atoms. The maximum absolute atomic E-state index is 13.1. The van der Waals surface area contributed by atoms with E-state index in [0.29, 0.717) is 10.7 Å². The van der Waals surface area contributed by atoms with Crippen molar-refractivity contribution in [3.63, 3.8) is 0 Å². The molecule has 34 heavy (non-hydrogen) atoms. The lowest BCUT2D eigenvalue weighted by Crippen LogP contribution is -2.43. The lowest BCUT2D eigenvalue weighted by molar-refractivity contribution is -0.110. The van der Waals surface area contributed by atoms with Gasteiger partial charge in [-0.25, -0.2) is 13.4 Å². The van der Waals surface area contributed by atoms with Gasteiger partial charge in [-0.2, -0.15) is 0 Å². The fraction of sp³-hybridized carbons (Fsp3) is 0.522. The first kappa shape index (κ1) is 24.8. The Labute approximate surface area is 204 Å². The number of hydrogen-bond acceptors (Lipinski definition) is 9. The number of rotatable bonds is 8. The molecule has 1 saturated carbocycles. The smallest absolute Gasteiger partial charge is 0.280 e. The first-order chi connectivity index (χ1) is 16.3. The van der Waals surface area contributed by atoms with E-state index in [9.17, 15) is 13.2 Å². The Balaban J connectivity index is 1.47. The van der Waals surface area contributed by atoms with Crippen LogP contribution >= 0.6 is 11.3 Å². The number of aromatic nitrogens is 1. The number of carbonyl (C=O) groups excluding carboxylic acids is 1. The molecule has 1 amide bonds. The molecule has 0 radical (unpaired) electrons. The van der Waals surface area contributed by atoms with E-state index in [1.54, 1.807) is 18.3 Å². The van der Waals surface area contributed by atoms with Crippen molar-refractivity contribution in [1.29, 1.82) is 0 Å². The van der Waals surface area contributed by atoms with Crippen molar-refractivity contribution in [3.8, 4) is 0 Å². The lowest BCUT2D eigenvalue weighted by Gasteiger charge is -2.31. The van der Waals surface area contributed by atoms with Crippen molar-refractivity contribution in [1.82, 2.24) is 14.8 Å². The van der Waals surface area contributed by atoms with Crippen LogP contribution in [0.25, 0.3) is 0 Å². The number of anilines is 1. The molecule has 1 aromatic carbocycles. The summed E-state index contributed by atoms with van der Waals surface area (Å²) in [6.45, 7) is 4.91. The third kappa shape index (κ3) is 6.62. The van der Waals surface area contributed by atoms with Gasteiger partial charge < -0.3 is 9.74 Å². The molecular weight excluding hydrogens is 474 g/mol. The molecule has 9 nitrogen and oxygen atoms in total. The molecule has 0 spiro atoms. The molecule has 2 aliphatic rings. The molecule has 0 atom stereocenters. The molecule has 184 valence electrons. The normalized spacial score (nSPS) is 18.8. The quantitative estimate of drug-likeness (QED) is 0.434. The van der Waals surface area contributed by atoms with Gasteiger partial charge in [-0.05, 0) is 44.9 Å². The van der Waals surface area contributed by atoms with Crippen LogP contribution in [0.5, 0.6) is 0 Å². The summed E-state index contributed by atoms with van der Waals surface area (Å²) in [6.07, 6.45) is 6.93. The number of carbonyl (C=O) groups is 1. The number of piperazine rings is 1. The molecule has 1 aromatic heterocycles. The second kappa shape index (κ2) is 10.9. The van der Waals surface area contributed by atoms with E-state index in [4.69, 9.17) is 4.84 Å². The Hall–Kier alpha value is -2.34. The molecule has 2 heterocycles. The summed E-state index contributed by atoms with van der Waals surface area (Å²) in [6, 6.07) is 6.10. The summed E-state index contributed by atoms with van der Waals surface area (Å²) in [4.78, 5) is 29.1. The Morgan fingerprint density at radius 1 is 1.18 bits per heavy atom. The van der Waals surface area contributed by atoms with Gasteiger partial charge in [0.25, 0.3) is 5.91 Å². The number of likely N-dealkylation sites (N-methyl/N-ethyl adjacent to an activating group) is 1. The molecule has 1 saturated heterocycles. The van der Waals surface area contributed by atoms with Crippen molar-refractivity contribution < 1.29 is 18.0 Å². The number of oxime groups is 1. The first-order valence-corrected chi connectivity index (χ1v) is 14.2. The third-order valence-corrected chi connectivity index (χ3v) is 8.14. The van der Waals surface area contributed by atoms with Gasteiger partial charge in [0, 0.05) is 55.6 Å². The predicted octanol–water partition coefficient (Wildman–Crippen LogP) is 2.60. The van der Waals surface area contributed by atoms with Gasteiger partial charge in [-0.1, -0.05) is 17.3 Å². The molecule has 2 aromatic rings. The van der Waals surface area contributed by atoms with E-state index in [0.717, 1.165) is 69.5 Å². The van der Waals surface area contributed by atoms with Crippen LogP contribution in [0, 0.1) is 0 Å². The van der Waals surface area contributed by atoms with E-state index < -0.39 is 15.7 Å². The van der Waals surface area contributed by atoms with Crippen LogP contribution < -0.4 is 5.32 Å². The van der Waals surface area contributed by atoms with Gasteiger partial charge in [0.05, 0.1) is 4.90 Å². The summed E-state index contributed by atoms with van der Waals surface area (Å²) in [5, 5.41) is 7.52. The zero-order chi connectivity index (χ0) is 24.1. The number of amides is 1. The van der Waals surface area contributed by atoms with Crippen LogP contribution in [0.1, 0.15) is 36.1 Å². The van der Waals surface area contributed by atoms with Crippen LogP contribution in [0.2, 0.25) is 0 Å². The summed E-state index contributed by atoms with van der Waals surface area (Å²) >= 11 is 1.44. The Morgan fingerprint density at radius 3 is 2.50 bits per heavy atom. The van der Waals surface area contributed by atoms with Crippen molar-refractivity contribution in [2.45, 2.75) is 43.2 Å². The SMILES string of the molecule is CN1CCN(Cc2cnc(NC(=O)C(=NOC3CCCC3)c3ccc(S(C)(=O)=O)cc3)s2)CC1. The molecule has 1 aliphatic carbocycles. The van der Waals surface area contributed by atoms with Gasteiger partial charge in [0.15, 0.2) is 20.7 Å². The summed E-state index contributed by atoms with van der Waals surface area (Å²) in [7, 11) is -1.21. The maximum Gasteiger partial charge on any atom is 0.280 e. The van der Waals surface area contributed by atoms with Gasteiger partial charge in [0.2, 0.25) is 0 Å². The zero-order valence-electron chi connectivity index (χ0n) is 19.6. The van der Waals surface area contributed by atoms with Gasteiger partial charge in [-0.15, -0.1) is 11.3 Å². The number of sulfone groups is 1. The standard InChI is InChI=1S/C23H31N5O4S2/c1-27-11-13-28(14-12-27)16-19-15-24-23(33-19)25-22(29)21(26-32-18-5-3-4-6-18)17-7-9-20(10-8-17)34(2,30)31/h7-10,15,18H,3-6,11-14,16H2,1-2H3,(H,24,25,29). The Kier molecular flexibility index (Phi) is 7.97. The second-order valence-electron chi connectivity index (χ2n) is 8.91. The summed E-state index contributed by atoms with van der Waals surface area (Å²) in [5.74, 6) is -0.439. The van der Waals surface area contributed by atoms with Crippen LogP contribution in [0.4, 0.5) is 5.13 Å². The van der Waals surface area contributed by atoms with Crippen LogP contribution in [0.3, 0.4) is 0 Å². The number of hydrogen-bond donors (Lipinski definition) is 1. The summed E-state index contributed by atoms with van der Waals surface area (Å²) < 4.78 is 23.6. The highest BCUT2D eigenvalue weighted by atomic mass is 32.2. The van der Waals surface area contributed by atoms with Crippen LogP contribution in [-0.2, 0) is 26.0 Å². The van der Waals surface area contributed by atoms with E-state index in [1.807, 2.05) is 0 Å². The minimum atomic E-state index is -3.34. The first-order valence-electron chi connectivity index (χ1n) is 11.5. The minimum Gasteiger partial charge on any atom is -0.392 e. The van der Waals surface area contributed by atoms with Crippen LogP contribution in [0.15, 0.2) is 40.5 Å². The van der Waals surface area contributed by atoms with Crippen LogP contribution in [-0.4, -0.2) is 80.4 Å². The monoisotopic (exact) mass is 505 g/mol. The molecule has 2 fully saturated rings. The number of benzene rings is 1. The molecule has 0 unspecified atom stereocenters. The number of thiazole rings is 1. The average molecular weight is 506 g/mol.